The van der Waals surface area contributed by atoms with Crippen molar-refractivity contribution in [2.75, 3.05) is 11.9 Å². The van der Waals surface area contributed by atoms with Crippen molar-refractivity contribution in [3.63, 3.8) is 0 Å². The maximum absolute atomic E-state index is 12.4. The molecular weight excluding hydrogens is 431 g/mol. The van der Waals surface area contributed by atoms with Crippen LogP contribution in [0.1, 0.15) is 33.9 Å². The van der Waals surface area contributed by atoms with Crippen LogP contribution in [-0.4, -0.2) is 29.6 Å². The van der Waals surface area contributed by atoms with E-state index >= 15 is 0 Å². The van der Waals surface area contributed by atoms with Crippen LogP contribution in [0.15, 0.2) is 60.9 Å². The van der Waals surface area contributed by atoms with E-state index in [9.17, 15) is 18.0 Å². The average molecular weight is 455 g/mol. The van der Waals surface area contributed by atoms with Crippen molar-refractivity contribution in [2.24, 2.45) is 0 Å². The van der Waals surface area contributed by atoms with Gasteiger partial charge in [0.1, 0.15) is 12.0 Å². The van der Waals surface area contributed by atoms with Crippen LogP contribution in [-0.2, 0) is 24.4 Å². The van der Waals surface area contributed by atoms with Crippen LogP contribution in [0.5, 0.6) is 5.75 Å². The molecule has 0 N–H and O–H groups in total. The molecule has 0 fully saturated rings. The number of fused-ring (bicyclic) bond motifs is 1. The van der Waals surface area contributed by atoms with E-state index < -0.39 is 12.4 Å². The van der Waals surface area contributed by atoms with Crippen molar-refractivity contribution in [3.8, 4) is 5.75 Å². The Morgan fingerprint density at radius 2 is 1.82 bits per heavy atom. The number of pyridine rings is 1. The van der Waals surface area contributed by atoms with Crippen LogP contribution in [0.4, 0.5) is 18.9 Å². The van der Waals surface area contributed by atoms with Gasteiger partial charge in [-0.2, -0.15) is 0 Å². The van der Waals surface area contributed by atoms with Gasteiger partial charge in [0.15, 0.2) is 0 Å². The first-order valence-electron chi connectivity index (χ1n) is 10.5. The number of carbonyl (C=O) groups is 1. The number of aldehydes is 1. The predicted molar refractivity (Wildman–Crippen MR) is 119 cm³/mol. The third-order valence-electron chi connectivity index (χ3n) is 5.80. The SMILES string of the molecule is Cc1cc(N(C)Cc2ccncc2)cc2c1C(C=O)N(Cc1ccc(OC(F)(F)F)cc1)C2. The Morgan fingerprint density at radius 1 is 1.12 bits per heavy atom. The van der Waals surface area contributed by atoms with E-state index in [0.717, 1.165) is 46.3 Å². The van der Waals surface area contributed by atoms with Crippen LogP contribution in [0.25, 0.3) is 0 Å². The van der Waals surface area contributed by atoms with E-state index in [-0.39, 0.29) is 5.75 Å². The molecule has 33 heavy (non-hydrogen) atoms. The number of alkyl halides is 3. The Labute approximate surface area is 190 Å². The van der Waals surface area contributed by atoms with Crippen LogP contribution < -0.4 is 9.64 Å². The van der Waals surface area contributed by atoms with Gasteiger partial charge in [0.2, 0.25) is 0 Å². The fourth-order valence-corrected chi connectivity index (χ4v) is 4.32. The fraction of sp³-hybridized carbons (Fsp3) is 0.280. The van der Waals surface area contributed by atoms with E-state index in [1.54, 1.807) is 24.5 Å². The van der Waals surface area contributed by atoms with E-state index in [4.69, 9.17) is 0 Å². The average Bonchev–Trinajstić information content (AvgIpc) is 3.12. The first-order chi connectivity index (χ1) is 15.7. The highest BCUT2D eigenvalue weighted by Crippen LogP contribution is 2.38. The van der Waals surface area contributed by atoms with Gasteiger partial charge >= 0.3 is 6.36 Å². The van der Waals surface area contributed by atoms with Gasteiger partial charge in [-0.3, -0.25) is 9.88 Å². The molecular formula is C25H24F3N3O2. The topological polar surface area (TPSA) is 45.7 Å². The van der Waals surface area contributed by atoms with Gasteiger partial charge in [-0.15, -0.1) is 13.2 Å². The van der Waals surface area contributed by atoms with Gasteiger partial charge < -0.3 is 14.4 Å². The summed E-state index contributed by atoms with van der Waals surface area (Å²) in [5.74, 6) is -0.263. The highest BCUT2D eigenvalue weighted by atomic mass is 19.4. The summed E-state index contributed by atoms with van der Waals surface area (Å²) in [6.07, 6.45) is -0.252. The third kappa shape index (κ3) is 5.34. The van der Waals surface area contributed by atoms with Crippen LogP contribution >= 0.6 is 0 Å². The lowest BCUT2D eigenvalue weighted by Crippen LogP contribution is -2.23. The largest absolute Gasteiger partial charge is 0.573 e. The van der Waals surface area contributed by atoms with Crippen molar-refractivity contribution >= 4 is 12.0 Å². The minimum absolute atomic E-state index is 0.263. The summed E-state index contributed by atoms with van der Waals surface area (Å²) < 4.78 is 41.1. The first kappa shape index (κ1) is 22.8. The van der Waals surface area contributed by atoms with Crippen molar-refractivity contribution in [2.45, 2.75) is 39.0 Å². The molecule has 1 aliphatic rings. The number of hydrogen-bond acceptors (Lipinski definition) is 5. The lowest BCUT2D eigenvalue weighted by Gasteiger charge is -2.22. The Kier molecular flexibility index (Phi) is 6.37. The Hall–Kier alpha value is -3.39. The van der Waals surface area contributed by atoms with Crippen LogP contribution in [0.2, 0.25) is 0 Å². The monoisotopic (exact) mass is 455 g/mol. The molecule has 0 bridgehead atoms. The molecule has 0 radical (unpaired) electrons. The predicted octanol–water partition coefficient (Wildman–Crippen LogP) is 5.18. The molecule has 3 aromatic rings. The summed E-state index contributed by atoms with van der Waals surface area (Å²) in [4.78, 5) is 20.2. The molecule has 1 aromatic heterocycles. The molecule has 1 atom stereocenters. The van der Waals surface area contributed by atoms with Gasteiger partial charge in [-0.05, 0) is 71.1 Å². The van der Waals surface area contributed by atoms with Crippen molar-refractivity contribution < 1.29 is 22.7 Å². The molecule has 0 spiro atoms. The van der Waals surface area contributed by atoms with Crippen molar-refractivity contribution in [3.05, 3.63) is 88.7 Å². The van der Waals surface area contributed by atoms with Gasteiger partial charge in [0.25, 0.3) is 0 Å². The third-order valence-corrected chi connectivity index (χ3v) is 5.80. The van der Waals surface area contributed by atoms with Gasteiger partial charge in [0, 0.05) is 44.8 Å². The number of aromatic nitrogens is 1. The van der Waals surface area contributed by atoms with Crippen LogP contribution in [0, 0.1) is 6.92 Å². The van der Waals surface area contributed by atoms with Gasteiger partial charge in [-0.25, -0.2) is 0 Å². The molecule has 0 amide bonds. The molecule has 2 aromatic carbocycles. The minimum atomic E-state index is -4.72. The number of hydrogen-bond donors (Lipinski definition) is 0. The Morgan fingerprint density at radius 3 is 2.45 bits per heavy atom. The number of rotatable bonds is 7. The molecule has 1 unspecified atom stereocenters. The second-order valence-electron chi connectivity index (χ2n) is 8.22. The summed E-state index contributed by atoms with van der Waals surface area (Å²) in [5, 5.41) is 0. The van der Waals surface area contributed by atoms with Gasteiger partial charge in [0.05, 0.1) is 6.04 Å². The molecule has 8 heteroatoms. The maximum atomic E-state index is 12.4. The van der Waals surface area contributed by atoms with E-state index in [1.165, 1.54) is 12.1 Å². The number of anilines is 1. The molecule has 5 nitrogen and oxygen atoms in total. The quantitative estimate of drug-likeness (QED) is 0.460. The highest BCUT2D eigenvalue weighted by molar-refractivity contribution is 5.68. The zero-order valence-electron chi connectivity index (χ0n) is 18.3. The molecule has 0 saturated heterocycles. The lowest BCUT2D eigenvalue weighted by atomic mass is 9.98. The molecule has 2 heterocycles. The van der Waals surface area contributed by atoms with E-state index in [1.807, 2.05) is 31.0 Å². The lowest BCUT2D eigenvalue weighted by molar-refractivity contribution is -0.274. The molecule has 172 valence electrons. The number of carbonyl (C=O) groups excluding carboxylic acids is 1. The summed E-state index contributed by atoms with van der Waals surface area (Å²) >= 11 is 0. The number of aryl methyl sites for hydroxylation is 1. The smallest absolute Gasteiger partial charge is 0.406 e. The van der Waals surface area contributed by atoms with E-state index in [2.05, 4.69) is 26.8 Å². The number of halogens is 3. The Bertz CT molecular complexity index is 1120. The summed E-state index contributed by atoms with van der Waals surface area (Å²) in [5.41, 5.74) is 6.14. The summed E-state index contributed by atoms with van der Waals surface area (Å²) in [6, 6.07) is 13.5. The zero-order valence-corrected chi connectivity index (χ0v) is 18.3. The molecule has 1 aliphatic heterocycles. The first-order valence-corrected chi connectivity index (χ1v) is 10.5. The number of benzene rings is 2. The molecule has 4 rings (SSSR count). The fourth-order valence-electron chi connectivity index (χ4n) is 4.32. The highest BCUT2D eigenvalue weighted by Gasteiger charge is 2.33. The second kappa shape index (κ2) is 9.23. The standard InChI is InChI=1S/C25H24F3N3O2/c1-17-11-21(30(2)13-19-7-9-29-10-8-19)12-20-15-31(23(16-32)24(17)20)14-18-3-5-22(6-4-18)33-25(26,27)28/h3-12,16,23H,13-15H2,1-2H3. The van der Waals surface area contributed by atoms with E-state index in [0.29, 0.717) is 13.1 Å². The van der Waals surface area contributed by atoms with Crippen LogP contribution in [0.3, 0.4) is 0 Å². The number of nitrogens with zero attached hydrogens (tertiary/aromatic N) is 3. The molecule has 0 aliphatic carbocycles. The summed E-state index contributed by atoms with van der Waals surface area (Å²) in [6.45, 7) is 3.75. The second-order valence-corrected chi connectivity index (χ2v) is 8.22. The van der Waals surface area contributed by atoms with Gasteiger partial charge in [-0.1, -0.05) is 12.1 Å². The maximum Gasteiger partial charge on any atom is 0.573 e. The zero-order chi connectivity index (χ0) is 23.6. The summed E-state index contributed by atoms with van der Waals surface area (Å²) in [7, 11) is 2.02. The number of ether oxygens (including phenoxy) is 1. The molecule has 0 saturated carbocycles. The minimum Gasteiger partial charge on any atom is -0.406 e. The Balaban J connectivity index is 1.51. The normalized spacial score (nSPS) is 15.8. The van der Waals surface area contributed by atoms with Crippen molar-refractivity contribution in [1.29, 1.82) is 0 Å². The van der Waals surface area contributed by atoms with Crippen molar-refractivity contribution in [1.82, 2.24) is 9.88 Å².